The van der Waals surface area contributed by atoms with E-state index in [-0.39, 0.29) is 11.4 Å². The summed E-state index contributed by atoms with van der Waals surface area (Å²) in [6.07, 6.45) is 0.135. The number of carbonyl (C=O) groups excluding carboxylic acids is 1. The molecule has 0 bridgehead atoms. The summed E-state index contributed by atoms with van der Waals surface area (Å²) in [7, 11) is 0. The highest BCUT2D eigenvalue weighted by molar-refractivity contribution is 6.30. The average Bonchev–Trinajstić information content (AvgIpc) is 2.25. The van der Waals surface area contributed by atoms with E-state index in [9.17, 15) is 4.79 Å². The van der Waals surface area contributed by atoms with Crippen molar-refractivity contribution in [2.75, 3.05) is 0 Å². The first-order valence-electron chi connectivity index (χ1n) is 6.06. The van der Waals surface area contributed by atoms with E-state index in [1.165, 1.54) is 0 Å². The molecule has 18 heavy (non-hydrogen) atoms. The van der Waals surface area contributed by atoms with Crippen molar-refractivity contribution in [3.05, 3.63) is 29.3 Å². The van der Waals surface area contributed by atoms with Gasteiger partial charge < -0.3 is 10.1 Å². The number of hydrogen-bond acceptors (Lipinski definition) is 2. The van der Waals surface area contributed by atoms with Gasteiger partial charge in [0.15, 0.2) is 6.10 Å². The average molecular weight is 270 g/mol. The van der Waals surface area contributed by atoms with Gasteiger partial charge in [-0.1, -0.05) is 18.5 Å². The number of carbonyl (C=O) groups is 1. The van der Waals surface area contributed by atoms with Crippen LogP contribution < -0.4 is 10.1 Å². The third-order valence-electron chi connectivity index (χ3n) is 2.25. The summed E-state index contributed by atoms with van der Waals surface area (Å²) in [6.45, 7) is 7.75. The number of nitrogens with one attached hydrogen (secondary N) is 1. The van der Waals surface area contributed by atoms with Gasteiger partial charge in [-0.3, -0.25) is 4.79 Å². The fraction of sp³-hybridized carbons (Fsp3) is 0.500. The Balaban J connectivity index is 2.67. The zero-order valence-corrected chi connectivity index (χ0v) is 12.0. The predicted molar refractivity (Wildman–Crippen MR) is 74.1 cm³/mol. The fourth-order valence-electron chi connectivity index (χ4n) is 1.45. The molecular weight excluding hydrogens is 250 g/mol. The third kappa shape index (κ3) is 4.96. The molecule has 1 N–H and O–H groups in total. The van der Waals surface area contributed by atoms with Crippen molar-refractivity contribution >= 4 is 17.5 Å². The van der Waals surface area contributed by atoms with Gasteiger partial charge in [-0.15, -0.1) is 0 Å². The summed E-state index contributed by atoms with van der Waals surface area (Å²) in [5, 5.41) is 3.56. The van der Waals surface area contributed by atoms with E-state index in [4.69, 9.17) is 16.3 Å². The lowest BCUT2D eigenvalue weighted by Gasteiger charge is -2.24. The van der Waals surface area contributed by atoms with E-state index in [0.29, 0.717) is 17.2 Å². The van der Waals surface area contributed by atoms with Gasteiger partial charge in [0.1, 0.15) is 5.75 Å². The number of halogens is 1. The molecule has 0 heterocycles. The molecule has 0 spiro atoms. The van der Waals surface area contributed by atoms with Crippen LogP contribution in [-0.2, 0) is 4.79 Å². The minimum Gasteiger partial charge on any atom is -0.481 e. The van der Waals surface area contributed by atoms with Gasteiger partial charge >= 0.3 is 0 Å². The first-order valence-corrected chi connectivity index (χ1v) is 6.44. The number of hydrogen-bond donors (Lipinski definition) is 1. The summed E-state index contributed by atoms with van der Waals surface area (Å²) in [6, 6.07) is 7.00. The van der Waals surface area contributed by atoms with Crippen molar-refractivity contribution in [1.29, 1.82) is 0 Å². The molecule has 0 aromatic heterocycles. The summed E-state index contributed by atoms with van der Waals surface area (Å²) in [5.74, 6) is 0.551. The van der Waals surface area contributed by atoms with Crippen LogP contribution in [0.3, 0.4) is 0 Å². The Kier molecular flexibility index (Phi) is 5.03. The number of ether oxygens (including phenoxy) is 1. The van der Waals surface area contributed by atoms with Crippen LogP contribution >= 0.6 is 11.6 Å². The van der Waals surface area contributed by atoms with Crippen LogP contribution in [0.2, 0.25) is 5.02 Å². The van der Waals surface area contributed by atoms with Crippen molar-refractivity contribution in [1.82, 2.24) is 5.32 Å². The Bertz CT molecular complexity index is 395. The first-order chi connectivity index (χ1) is 8.31. The summed E-state index contributed by atoms with van der Waals surface area (Å²) < 4.78 is 5.66. The van der Waals surface area contributed by atoms with Crippen molar-refractivity contribution in [3.63, 3.8) is 0 Å². The summed E-state index contributed by atoms with van der Waals surface area (Å²) in [5.41, 5.74) is -0.256. The monoisotopic (exact) mass is 269 g/mol. The highest BCUT2D eigenvalue weighted by atomic mass is 35.5. The van der Waals surface area contributed by atoms with Crippen LogP contribution in [0.15, 0.2) is 24.3 Å². The molecular formula is C14H20ClNO2. The van der Waals surface area contributed by atoms with E-state index in [0.717, 1.165) is 0 Å². The molecule has 0 aliphatic heterocycles. The molecule has 0 aliphatic carbocycles. The van der Waals surface area contributed by atoms with Crippen LogP contribution in [0.4, 0.5) is 0 Å². The smallest absolute Gasteiger partial charge is 0.261 e. The number of rotatable bonds is 4. The lowest BCUT2D eigenvalue weighted by Crippen LogP contribution is -2.47. The Morgan fingerprint density at radius 3 is 2.33 bits per heavy atom. The Morgan fingerprint density at radius 1 is 1.33 bits per heavy atom. The molecule has 1 aromatic rings. The molecule has 0 fully saturated rings. The Labute approximate surface area is 113 Å². The molecule has 1 amide bonds. The Morgan fingerprint density at radius 2 is 1.89 bits per heavy atom. The van der Waals surface area contributed by atoms with Crippen molar-refractivity contribution in [2.24, 2.45) is 0 Å². The molecule has 1 aromatic carbocycles. The van der Waals surface area contributed by atoms with Crippen LogP contribution in [0.5, 0.6) is 5.75 Å². The number of benzene rings is 1. The van der Waals surface area contributed by atoms with Crippen molar-refractivity contribution in [2.45, 2.75) is 45.8 Å². The lowest BCUT2D eigenvalue weighted by atomic mass is 10.1. The molecule has 3 nitrogen and oxygen atoms in total. The second-order valence-corrected chi connectivity index (χ2v) is 5.64. The van der Waals surface area contributed by atoms with E-state index in [1.54, 1.807) is 24.3 Å². The third-order valence-corrected chi connectivity index (χ3v) is 2.51. The van der Waals surface area contributed by atoms with E-state index < -0.39 is 6.10 Å². The lowest BCUT2D eigenvalue weighted by molar-refractivity contribution is -0.129. The van der Waals surface area contributed by atoms with Gasteiger partial charge in [0.25, 0.3) is 5.91 Å². The highest BCUT2D eigenvalue weighted by Crippen LogP contribution is 2.18. The standard InChI is InChI=1S/C14H20ClNO2/c1-5-12(13(17)16-14(2,3)4)18-11-8-6-10(15)7-9-11/h6-9,12H,5H2,1-4H3,(H,16,17)/t12-/m1/s1. The molecule has 0 saturated heterocycles. The maximum absolute atomic E-state index is 12.0. The molecule has 0 unspecified atom stereocenters. The van der Waals surface area contributed by atoms with Crippen molar-refractivity contribution < 1.29 is 9.53 Å². The van der Waals surface area contributed by atoms with Gasteiger partial charge in [0.05, 0.1) is 0 Å². The predicted octanol–water partition coefficient (Wildman–Crippen LogP) is 3.41. The largest absolute Gasteiger partial charge is 0.481 e. The van der Waals surface area contributed by atoms with Crippen LogP contribution in [0.25, 0.3) is 0 Å². The van der Waals surface area contributed by atoms with E-state index >= 15 is 0 Å². The van der Waals surface area contributed by atoms with Crippen LogP contribution in [-0.4, -0.2) is 17.6 Å². The Hall–Kier alpha value is -1.22. The fourth-order valence-corrected chi connectivity index (χ4v) is 1.58. The quantitative estimate of drug-likeness (QED) is 0.910. The van der Waals surface area contributed by atoms with Crippen LogP contribution in [0.1, 0.15) is 34.1 Å². The zero-order chi connectivity index (χ0) is 13.8. The minimum atomic E-state index is -0.481. The molecule has 0 aliphatic rings. The van der Waals surface area contributed by atoms with Crippen molar-refractivity contribution in [3.8, 4) is 5.75 Å². The van der Waals surface area contributed by atoms with Gasteiger partial charge in [-0.2, -0.15) is 0 Å². The number of amides is 1. The maximum Gasteiger partial charge on any atom is 0.261 e. The second-order valence-electron chi connectivity index (χ2n) is 5.21. The second kappa shape index (κ2) is 6.10. The summed E-state index contributed by atoms with van der Waals surface area (Å²) in [4.78, 5) is 12.0. The van der Waals surface area contributed by atoms with Gasteiger partial charge in [0, 0.05) is 10.6 Å². The molecule has 0 saturated carbocycles. The molecule has 0 radical (unpaired) electrons. The van der Waals surface area contributed by atoms with E-state index in [1.807, 2.05) is 27.7 Å². The SMILES string of the molecule is CC[C@@H](Oc1ccc(Cl)cc1)C(=O)NC(C)(C)C. The van der Waals surface area contributed by atoms with Gasteiger partial charge in [-0.05, 0) is 51.5 Å². The van der Waals surface area contributed by atoms with Gasteiger partial charge in [-0.25, -0.2) is 0 Å². The highest BCUT2D eigenvalue weighted by Gasteiger charge is 2.22. The minimum absolute atomic E-state index is 0.0973. The molecule has 1 atom stereocenters. The summed E-state index contributed by atoms with van der Waals surface area (Å²) >= 11 is 5.80. The van der Waals surface area contributed by atoms with E-state index in [2.05, 4.69) is 5.32 Å². The van der Waals surface area contributed by atoms with Crippen LogP contribution in [0, 0.1) is 0 Å². The topological polar surface area (TPSA) is 38.3 Å². The molecule has 100 valence electrons. The zero-order valence-electron chi connectivity index (χ0n) is 11.3. The first kappa shape index (κ1) is 14.8. The maximum atomic E-state index is 12.0. The normalized spacial score (nSPS) is 12.9. The molecule has 4 heteroatoms. The molecule has 1 rings (SSSR count). The van der Waals surface area contributed by atoms with Gasteiger partial charge in [0.2, 0.25) is 0 Å².